The second kappa shape index (κ2) is 6.73. The molecule has 0 heterocycles. The van der Waals surface area contributed by atoms with Crippen LogP contribution in [0, 0.1) is 12.3 Å². The normalized spacial score (nSPS) is 17.9. The number of nitrogens with two attached hydrogens (primary N) is 1. The Labute approximate surface area is 133 Å². The van der Waals surface area contributed by atoms with Crippen molar-refractivity contribution in [3.63, 3.8) is 0 Å². The Morgan fingerprint density at radius 2 is 1.79 bits per heavy atom. The molecular formula is C16H23Br2N. The molecule has 0 bridgehead atoms. The van der Waals surface area contributed by atoms with Gasteiger partial charge in [-0.25, -0.2) is 0 Å². The van der Waals surface area contributed by atoms with Crippen LogP contribution in [-0.2, 0) is 6.42 Å². The van der Waals surface area contributed by atoms with Crippen molar-refractivity contribution >= 4 is 31.9 Å². The van der Waals surface area contributed by atoms with Gasteiger partial charge < -0.3 is 5.73 Å². The Bertz CT molecular complexity index is 437. The highest BCUT2D eigenvalue weighted by atomic mass is 79.9. The van der Waals surface area contributed by atoms with Gasteiger partial charge in [0.25, 0.3) is 0 Å². The lowest BCUT2D eigenvalue weighted by molar-refractivity contribution is 0.253. The first kappa shape index (κ1) is 15.5. The smallest absolute Gasteiger partial charge is 0.0210 e. The van der Waals surface area contributed by atoms with Gasteiger partial charge in [0, 0.05) is 8.95 Å². The molecule has 1 aliphatic rings. The lowest BCUT2D eigenvalue weighted by Crippen LogP contribution is -2.21. The summed E-state index contributed by atoms with van der Waals surface area (Å²) < 4.78 is 2.46. The minimum atomic E-state index is 0.519. The highest BCUT2D eigenvalue weighted by Crippen LogP contribution is 2.44. The Morgan fingerprint density at radius 1 is 1.11 bits per heavy atom. The summed E-state index contributed by atoms with van der Waals surface area (Å²) in [5, 5.41) is 0. The first-order chi connectivity index (χ1) is 9.06. The van der Waals surface area contributed by atoms with E-state index in [2.05, 4.69) is 50.9 Å². The molecule has 106 valence electrons. The Kier molecular flexibility index (Phi) is 5.50. The maximum absolute atomic E-state index is 5.82. The van der Waals surface area contributed by atoms with Gasteiger partial charge in [-0.3, -0.25) is 0 Å². The molecule has 3 heteroatoms. The van der Waals surface area contributed by atoms with E-state index in [-0.39, 0.29) is 0 Å². The topological polar surface area (TPSA) is 26.0 Å². The van der Waals surface area contributed by atoms with E-state index in [1.165, 1.54) is 58.6 Å². The molecule has 0 amide bonds. The van der Waals surface area contributed by atoms with Gasteiger partial charge in [-0.2, -0.15) is 0 Å². The average Bonchev–Trinajstić information content (AvgIpc) is 2.82. The van der Waals surface area contributed by atoms with Crippen LogP contribution in [0.15, 0.2) is 21.1 Å². The molecular weight excluding hydrogens is 366 g/mol. The minimum Gasteiger partial charge on any atom is -0.330 e. The zero-order chi connectivity index (χ0) is 13.9. The number of benzene rings is 1. The average molecular weight is 389 g/mol. The number of hydrogen-bond acceptors (Lipinski definition) is 1. The third-order valence-electron chi connectivity index (χ3n) is 4.59. The second-order valence-corrected chi connectivity index (χ2v) is 7.65. The van der Waals surface area contributed by atoms with E-state index in [4.69, 9.17) is 5.73 Å². The summed E-state index contributed by atoms with van der Waals surface area (Å²) in [7, 11) is 0. The van der Waals surface area contributed by atoms with Crippen molar-refractivity contribution in [3.05, 3.63) is 32.2 Å². The number of halogens is 2. The first-order valence-electron chi connectivity index (χ1n) is 7.21. The third kappa shape index (κ3) is 3.83. The molecule has 1 aromatic carbocycles. The molecule has 1 aliphatic carbocycles. The summed E-state index contributed by atoms with van der Waals surface area (Å²) in [4.78, 5) is 0. The molecule has 0 aromatic heterocycles. The molecule has 19 heavy (non-hydrogen) atoms. The third-order valence-corrected chi connectivity index (χ3v) is 6.18. The summed E-state index contributed by atoms with van der Waals surface area (Å²) in [6.07, 6.45) is 9.14. The van der Waals surface area contributed by atoms with Gasteiger partial charge in [0.05, 0.1) is 0 Å². The van der Waals surface area contributed by atoms with E-state index >= 15 is 0 Å². The van der Waals surface area contributed by atoms with E-state index in [1.807, 2.05) is 0 Å². The Hall–Kier alpha value is 0.140. The van der Waals surface area contributed by atoms with Crippen LogP contribution in [0.4, 0.5) is 0 Å². The SMILES string of the molecule is Cc1cc(Br)c(CCC2(CCN)CCCC2)cc1Br. The molecule has 0 unspecified atom stereocenters. The molecule has 0 radical (unpaired) electrons. The van der Waals surface area contributed by atoms with Crippen LogP contribution in [0.25, 0.3) is 0 Å². The molecule has 1 aromatic rings. The highest BCUT2D eigenvalue weighted by molar-refractivity contribution is 9.11. The van der Waals surface area contributed by atoms with E-state index < -0.39 is 0 Å². The first-order valence-corrected chi connectivity index (χ1v) is 8.79. The van der Waals surface area contributed by atoms with Crippen molar-refractivity contribution in [2.75, 3.05) is 6.54 Å². The van der Waals surface area contributed by atoms with Crippen LogP contribution < -0.4 is 5.73 Å². The molecule has 1 nitrogen and oxygen atoms in total. The van der Waals surface area contributed by atoms with Gasteiger partial charge in [-0.15, -0.1) is 0 Å². The van der Waals surface area contributed by atoms with E-state index in [1.54, 1.807) is 0 Å². The van der Waals surface area contributed by atoms with Crippen molar-refractivity contribution in [2.45, 2.75) is 51.9 Å². The maximum atomic E-state index is 5.82. The fourth-order valence-corrected chi connectivity index (χ4v) is 4.38. The van der Waals surface area contributed by atoms with Gasteiger partial charge >= 0.3 is 0 Å². The lowest BCUT2D eigenvalue weighted by atomic mass is 9.77. The molecule has 0 spiro atoms. The fraction of sp³-hybridized carbons (Fsp3) is 0.625. The summed E-state index contributed by atoms with van der Waals surface area (Å²) in [6.45, 7) is 2.96. The standard InChI is InChI=1S/C16H23Br2N/c1-12-10-15(18)13(11-14(12)17)4-7-16(8-9-19)5-2-3-6-16/h10-11H,2-9,19H2,1H3. The molecule has 2 rings (SSSR count). The van der Waals surface area contributed by atoms with Crippen LogP contribution in [0.1, 0.15) is 49.7 Å². The van der Waals surface area contributed by atoms with Gasteiger partial charge in [0.1, 0.15) is 0 Å². The van der Waals surface area contributed by atoms with Gasteiger partial charge in [0.15, 0.2) is 0 Å². The van der Waals surface area contributed by atoms with Crippen molar-refractivity contribution in [3.8, 4) is 0 Å². The second-order valence-electron chi connectivity index (χ2n) is 5.94. The van der Waals surface area contributed by atoms with Crippen molar-refractivity contribution in [2.24, 2.45) is 11.1 Å². The van der Waals surface area contributed by atoms with Crippen molar-refractivity contribution in [1.29, 1.82) is 0 Å². The summed E-state index contributed by atoms with van der Waals surface area (Å²) in [6, 6.07) is 4.48. The van der Waals surface area contributed by atoms with Gasteiger partial charge in [0.2, 0.25) is 0 Å². The largest absolute Gasteiger partial charge is 0.330 e. The molecule has 1 fully saturated rings. The van der Waals surface area contributed by atoms with Crippen molar-refractivity contribution < 1.29 is 0 Å². The summed E-state index contributed by atoms with van der Waals surface area (Å²) in [5.41, 5.74) is 9.04. The highest BCUT2D eigenvalue weighted by Gasteiger charge is 2.32. The Morgan fingerprint density at radius 3 is 2.42 bits per heavy atom. The summed E-state index contributed by atoms with van der Waals surface area (Å²) in [5.74, 6) is 0. The predicted octanol–water partition coefficient (Wildman–Crippen LogP) is 5.36. The Balaban J connectivity index is 2.07. The molecule has 0 aliphatic heterocycles. The van der Waals surface area contributed by atoms with Crippen LogP contribution >= 0.6 is 31.9 Å². The van der Waals surface area contributed by atoms with Gasteiger partial charge in [-0.05, 0) is 74.2 Å². The van der Waals surface area contributed by atoms with E-state index in [9.17, 15) is 0 Å². The lowest BCUT2D eigenvalue weighted by Gasteiger charge is -2.28. The quantitative estimate of drug-likeness (QED) is 0.721. The zero-order valence-electron chi connectivity index (χ0n) is 11.6. The molecule has 0 atom stereocenters. The minimum absolute atomic E-state index is 0.519. The van der Waals surface area contributed by atoms with Gasteiger partial charge in [-0.1, -0.05) is 44.7 Å². The van der Waals surface area contributed by atoms with E-state index in [0.29, 0.717) is 5.41 Å². The molecule has 1 saturated carbocycles. The van der Waals surface area contributed by atoms with Crippen molar-refractivity contribution in [1.82, 2.24) is 0 Å². The monoisotopic (exact) mass is 387 g/mol. The summed E-state index contributed by atoms with van der Waals surface area (Å²) >= 11 is 7.34. The van der Waals surface area contributed by atoms with Crippen LogP contribution in [0.2, 0.25) is 0 Å². The molecule has 0 saturated heterocycles. The number of hydrogen-bond donors (Lipinski definition) is 1. The van der Waals surface area contributed by atoms with Crippen LogP contribution in [0.3, 0.4) is 0 Å². The van der Waals surface area contributed by atoms with Crippen LogP contribution in [-0.4, -0.2) is 6.54 Å². The molecule has 2 N–H and O–H groups in total. The predicted molar refractivity (Wildman–Crippen MR) is 89.5 cm³/mol. The fourth-order valence-electron chi connectivity index (χ4n) is 3.34. The number of aryl methyl sites for hydroxylation is 2. The maximum Gasteiger partial charge on any atom is 0.0210 e. The van der Waals surface area contributed by atoms with Crippen LogP contribution in [0.5, 0.6) is 0 Å². The van der Waals surface area contributed by atoms with E-state index in [0.717, 1.165) is 13.0 Å². The number of rotatable bonds is 5. The zero-order valence-corrected chi connectivity index (χ0v) is 14.8.